The lowest BCUT2D eigenvalue weighted by atomic mass is 10.2. The van der Waals surface area contributed by atoms with Crippen LogP contribution in [0.4, 0.5) is 0 Å². The summed E-state index contributed by atoms with van der Waals surface area (Å²) in [5, 5.41) is 0.484. The van der Waals surface area contributed by atoms with Crippen molar-refractivity contribution in [3.63, 3.8) is 0 Å². The predicted molar refractivity (Wildman–Crippen MR) is 79.6 cm³/mol. The van der Waals surface area contributed by atoms with Crippen LogP contribution in [0.1, 0.15) is 29.6 Å². The Hall–Kier alpha value is -0.620. The number of ether oxygens (including phenoxy) is 3. The fraction of sp³-hybridized carbons (Fsp3) is 0.500. The van der Waals surface area contributed by atoms with Gasteiger partial charge in [0.05, 0.1) is 16.6 Å². The van der Waals surface area contributed by atoms with Crippen LogP contribution < -0.4 is 4.74 Å². The zero-order chi connectivity index (χ0) is 14.4. The Kier molecular flexibility index (Phi) is 6.29. The summed E-state index contributed by atoms with van der Waals surface area (Å²) < 4.78 is 17.3. The van der Waals surface area contributed by atoms with Crippen molar-refractivity contribution in [3.8, 4) is 5.75 Å². The van der Waals surface area contributed by atoms with Crippen LogP contribution in [0.5, 0.6) is 5.75 Å². The topological polar surface area (TPSA) is 44.8 Å². The van der Waals surface area contributed by atoms with Crippen LogP contribution in [0.2, 0.25) is 5.02 Å². The second kappa shape index (κ2) is 7.98. The molecule has 0 bridgehead atoms. The molecular formula is C14H16BrClO4. The summed E-state index contributed by atoms with van der Waals surface area (Å²) in [5.74, 6) is 0.484. The number of rotatable bonds is 6. The Morgan fingerprint density at radius 2 is 2.25 bits per heavy atom. The highest BCUT2D eigenvalue weighted by molar-refractivity contribution is 9.10. The number of benzene rings is 1. The third-order valence-electron chi connectivity index (χ3n) is 2.94. The van der Waals surface area contributed by atoms with Gasteiger partial charge in [0.25, 0.3) is 0 Å². The lowest BCUT2D eigenvalue weighted by Gasteiger charge is -2.22. The molecule has 1 fully saturated rings. The van der Waals surface area contributed by atoms with E-state index in [9.17, 15) is 4.79 Å². The van der Waals surface area contributed by atoms with Crippen molar-refractivity contribution in [3.05, 3.63) is 27.2 Å². The summed E-state index contributed by atoms with van der Waals surface area (Å²) in [6, 6.07) is 3.26. The number of hydrogen-bond acceptors (Lipinski definition) is 4. The van der Waals surface area contributed by atoms with Crippen molar-refractivity contribution in [2.24, 2.45) is 0 Å². The first kappa shape index (κ1) is 15.8. The Morgan fingerprint density at radius 1 is 1.40 bits per heavy atom. The average Bonchev–Trinajstić information content (AvgIpc) is 2.45. The molecule has 0 aromatic heterocycles. The highest BCUT2D eigenvalue weighted by Crippen LogP contribution is 2.31. The third-order valence-corrected chi connectivity index (χ3v) is 3.74. The SMILES string of the molecule is O=Cc1cc(Cl)cc(Br)c1OCCOC1CCCCO1. The van der Waals surface area contributed by atoms with Gasteiger partial charge in [0.2, 0.25) is 0 Å². The van der Waals surface area contributed by atoms with Crippen molar-refractivity contribution >= 4 is 33.8 Å². The van der Waals surface area contributed by atoms with Crippen LogP contribution in [0.3, 0.4) is 0 Å². The predicted octanol–water partition coefficient (Wildman–Crippen LogP) is 3.84. The van der Waals surface area contributed by atoms with Gasteiger partial charge in [-0.3, -0.25) is 4.79 Å². The van der Waals surface area contributed by atoms with E-state index < -0.39 is 0 Å². The number of halogens is 2. The van der Waals surface area contributed by atoms with E-state index >= 15 is 0 Å². The van der Waals surface area contributed by atoms with Gasteiger partial charge in [0.1, 0.15) is 12.4 Å². The lowest BCUT2D eigenvalue weighted by molar-refractivity contribution is -0.165. The average molecular weight is 364 g/mol. The summed E-state index contributed by atoms with van der Waals surface area (Å²) in [5.41, 5.74) is 0.415. The molecular weight excluding hydrogens is 348 g/mol. The van der Waals surface area contributed by atoms with Gasteiger partial charge in [-0.25, -0.2) is 0 Å². The van der Waals surface area contributed by atoms with E-state index in [0.717, 1.165) is 32.2 Å². The zero-order valence-electron chi connectivity index (χ0n) is 10.9. The quantitative estimate of drug-likeness (QED) is 0.569. The third kappa shape index (κ3) is 4.45. The van der Waals surface area contributed by atoms with Gasteiger partial charge in [0.15, 0.2) is 12.6 Å². The maximum absolute atomic E-state index is 11.0. The summed E-state index contributed by atoms with van der Waals surface area (Å²) >= 11 is 9.21. The number of carbonyl (C=O) groups is 1. The zero-order valence-corrected chi connectivity index (χ0v) is 13.3. The summed E-state index contributed by atoms with van der Waals surface area (Å²) in [7, 11) is 0. The van der Waals surface area contributed by atoms with Crippen molar-refractivity contribution in [1.82, 2.24) is 0 Å². The van der Waals surface area contributed by atoms with E-state index in [1.54, 1.807) is 12.1 Å². The minimum absolute atomic E-state index is 0.133. The molecule has 0 spiro atoms. The van der Waals surface area contributed by atoms with Gasteiger partial charge in [0, 0.05) is 11.6 Å². The monoisotopic (exact) mass is 362 g/mol. The van der Waals surface area contributed by atoms with Crippen molar-refractivity contribution in [1.29, 1.82) is 0 Å². The molecule has 1 atom stereocenters. The van der Waals surface area contributed by atoms with Gasteiger partial charge in [-0.2, -0.15) is 0 Å². The molecule has 0 N–H and O–H groups in total. The van der Waals surface area contributed by atoms with Crippen molar-refractivity contribution in [2.45, 2.75) is 25.6 Å². The molecule has 1 aliphatic rings. The van der Waals surface area contributed by atoms with Crippen LogP contribution in [0, 0.1) is 0 Å². The highest BCUT2D eigenvalue weighted by Gasteiger charge is 2.14. The van der Waals surface area contributed by atoms with Gasteiger partial charge >= 0.3 is 0 Å². The molecule has 1 unspecified atom stereocenters. The van der Waals surface area contributed by atoms with Crippen LogP contribution in [0.25, 0.3) is 0 Å². The highest BCUT2D eigenvalue weighted by atomic mass is 79.9. The van der Waals surface area contributed by atoms with Crippen LogP contribution in [-0.4, -0.2) is 32.4 Å². The van der Waals surface area contributed by atoms with Crippen LogP contribution >= 0.6 is 27.5 Å². The van der Waals surface area contributed by atoms with Crippen LogP contribution in [0.15, 0.2) is 16.6 Å². The molecule has 110 valence electrons. The first-order valence-electron chi connectivity index (χ1n) is 6.51. The molecule has 4 nitrogen and oxygen atoms in total. The maximum atomic E-state index is 11.0. The van der Waals surface area contributed by atoms with Gasteiger partial charge in [-0.05, 0) is 47.3 Å². The minimum Gasteiger partial charge on any atom is -0.489 e. The standard InChI is InChI=1S/C14H16BrClO4/c15-12-8-11(16)7-10(9-17)14(12)20-6-5-19-13-3-1-2-4-18-13/h7-9,13H,1-6H2. The van der Waals surface area contributed by atoms with Crippen LogP contribution in [-0.2, 0) is 9.47 Å². The van der Waals surface area contributed by atoms with Gasteiger partial charge in [-0.1, -0.05) is 11.6 Å². The van der Waals surface area contributed by atoms with E-state index in [-0.39, 0.29) is 6.29 Å². The normalized spacial score (nSPS) is 18.8. The Balaban J connectivity index is 1.83. The molecule has 0 radical (unpaired) electrons. The van der Waals surface area contributed by atoms with Gasteiger partial charge < -0.3 is 14.2 Å². The maximum Gasteiger partial charge on any atom is 0.157 e. The first-order chi connectivity index (χ1) is 9.70. The Morgan fingerprint density at radius 3 is 2.95 bits per heavy atom. The van der Waals surface area contributed by atoms with E-state index in [2.05, 4.69) is 15.9 Å². The lowest BCUT2D eigenvalue weighted by Crippen LogP contribution is -2.24. The Bertz CT molecular complexity index is 461. The second-order valence-electron chi connectivity index (χ2n) is 4.44. The summed E-state index contributed by atoms with van der Waals surface area (Å²) in [6.07, 6.45) is 3.73. The molecule has 0 aliphatic carbocycles. The molecule has 1 aromatic rings. The molecule has 6 heteroatoms. The first-order valence-corrected chi connectivity index (χ1v) is 7.68. The van der Waals surface area contributed by atoms with E-state index in [1.165, 1.54) is 0 Å². The fourth-order valence-corrected chi connectivity index (χ4v) is 2.93. The number of aldehydes is 1. The summed E-state index contributed by atoms with van der Waals surface area (Å²) in [6.45, 7) is 1.52. The van der Waals surface area contributed by atoms with Crippen molar-refractivity contribution < 1.29 is 19.0 Å². The number of hydrogen-bond donors (Lipinski definition) is 0. The van der Waals surface area contributed by atoms with Crippen molar-refractivity contribution in [2.75, 3.05) is 19.8 Å². The smallest absolute Gasteiger partial charge is 0.157 e. The fourth-order valence-electron chi connectivity index (χ4n) is 1.99. The molecule has 1 heterocycles. The van der Waals surface area contributed by atoms with E-state index in [4.69, 9.17) is 25.8 Å². The molecule has 1 aromatic carbocycles. The van der Waals surface area contributed by atoms with E-state index in [0.29, 0.717) is 34.0 Å². The van der Waals surface area contributed by atoms with Gasteiger partial charge in [-0.15, -0.1) is 0 Å². The molecule has 20 heavy (non-hydrogen) atoms. The summed E-state index contributed by atoms with van der Waals surface area (Å²) in [4.78, 5) is 11.0. The number of carbonyl (C=O) groups excluding carboxylic acids is 1. The molecule has 1 saturated heterocycles. The molecule has 0 amide bonds. The molecule has 0 saturated carbocycles. The minimum atomic E-state index is -0.133. The Labute approximate surface area is 131 Å². The molecule has 2 rings (SSSR count). The molecule has 1 aliphatic heterocycles. The second-order valence-corrected chi connectivity index (χ2v) is 5.73. The van der Waals surface area contributed by atoms with E-state index in [1.807, 2.05) is 0 Å². The largest absolute Gasteiger partial charge is 0.489 e.